The highest BCUT2D eigenvalue weighted by Gasteiger charge is 2.07. The van der Waals surface area contributed by atoms with Crippen molar-refractivity contribution in [3.05, 3.63) is 35.4 Å². The van der Waals surface area contributed by atoms with Crippen molar-refractivity contribution in [2.45, 2.75) is 51.9 Å². The Morgan fingerprint density at radius 1 is 0.867 bits per heavy atom. The van der Waals surface area contributed by atoms with Crippen LogP contribution in [-0.2, 0) is 12.8 Å². The van der Waals surface area contributed by atoms with E-state index in [0.717, 1.165) is 5.92 Å². The first-order valence-electron chi connectivity index (χ1n) is 6.43. The summed E-state index contributed by atoms with van der Waals surface area (Å²) in [4.78, 5) is 0. The second-order valence-corrected chi connectivity index (χ2v) is 5.01. The van der Waals surface area contributed by atoms with E-state index >= 15 is 0 Å². The Labute approximate surface area is 93.7 Å². The SMILES string of the molecule is CC1CCCCc2ccccc2CCC1. The van der Waals surface area contributed by atoms with Crippen molar-refractivity contribution in [3.63, 3.8) is 0 Å². The minimum atomic E-state index is 0.940. The molecule has 0 N–H and O–H groups in total. The van der Waals surface area contributed by atoms with E-state index in [4.69, 9.17) is 0 Å². The summed E-state index contributed by atoms with van der Waals surface area (Å²) in [5.74, 6) is 0.940. The van der Waals surface area contributed by atoms with Gasteiger partial charge in [0.05, 0.1) is 0 Å². The third-order valence-electron chi connectivity index (χ3n) is 3.65. The predicted octanol–water partition coefficient (Wildman–Crippen LogP) is 4.37. The van der Waals surface area contributed by atoms with Crippen LogP contribution in [0.5, 0.6) is 0 Å². The van der Waals surface area contributed by atoms with Crippen LogP contribution < -0.4 is 0 Å². The number of hydrogen-bond acceptors (Lipinski definition) is 0. The number of benzene rings is 1. The van der Waals surface area contributed by atoms with Crippen molar-refractivity contribution in [3.8, 4) is 0 Å². The molecule has 2 rings (SSSR count). The van der Waals surface area contributed by atoms with Crippen LogP contribution in [0.15, 0.2) is 24.3 Å². The molecule has 0 spiro atoms. The first-order chi connectivity index (χ1) is 7.36. The Hall–Kier alpha value is -0.780. The summed E-state index contributed by atoms with van der Waals surface area (Å²) in [5, 5.41) is 0. The predicted molar refractivity (Wildman–Crippen MR) is 66.1 cm³/mol. The summed E-state index contributed by atoms with van der Waals surface area (Å²) >= 11 is 0. The normalized spacial score (nSPS) is 23.1. The Morgan fingerprint density at radius 2 is 1.47 bits per heavy atom. The third kappa shape index (κ3) is 3.09. The zero-order valence-electron chi connectivity index (χ0n) is 9.84. The molecule has 0 saturated heterocycles. The zero-order chi connectivity index (χ0) is 10.5. The molecule has 0 amide bonds. The van der Waals surface area contributed by atoms with E-state index < -0.39 is 0 Å². The summed E-state index contributed by atoms with van der Waals surface area (Å²) in [6.45, 7) is 2.41. The highest BCUT2D eigenvalue weighted by molar-refractivity contribution is 5.27. The molecule has 0 fully saturated rings. The Morgan fingerprint density at radius 3 is 2.20 bits per heavy atom. The van der Waals surface area contributed by atoms with Gasteiger partial charge in [-0.2, -0.15) is 0 Å². The number of hydrogen-bond donors (Lipinski definition) is 0. The highest BCUT2D eigenvalue weighted by Crippen LogP contribution is 2.22. The molecule has 0 bridgehead atoms. The van der Waals surface area contributed by atoms with Gasteiger partial charge >= 0.3 is 0 Å². The number of rotatable bonds is 0. The van der Waals surface area contributed by atoms with E-state index in [2.05, 4.69) is 31.2 Å². The monoisotopic (exact) mass is 202 g/mol. The molecule has 0 heterocycles. The van der Waals surface area contributed by atoms with Crippen LogP contribution in [-0.4, -0.2) is 0 Å². The molecule has 0 aromatic heterocycles. The fourth-order valence-corrected chi connectivity index (χ4v) is 2.64. The molecule has 1 aromatic carbocycles. The molecule has 1 atom stereocenters. The van der Waals surface area contributed by atoms with Gasteiger partial charge in [0.1, 0.15) is 0 Å². The lowest BCUT2D eigenvalue weighted by molar-refractivity contribution is 0.446. The molecular formula is C15H22. The number of fused-ring (bicyclic) bond motifs is 1. The van der Waals surface area contributed by atoms with Gasteiger partial charge in [0.15, 0.2) is 0 Å². The van der Waals surface area contributed by atoms with Gasteiger partial charge in [0, 0.05) is 0 Å². The quantitative estimate of drug-likeness (QED) is 0.586. The molecular weight excluding hydrogens is 180 g/mol. The maximum Gasteiger partial charge on any atom is -0.0276 e. The van der Waals surface area contributed by atoms with Crippen LogP contribution >= 0.6 is 0 Å². The summed E-state index contributed by atoms with van der Waals surface area (Å²) < 4.78 is 0. The van der Waals surface area contributed by atoms with E-state index in [0.29, 0.717) is 0 Å². The smallest absolute Gasteiger partial charge is 0.0276 e. The van der Waals surface area contributed by atoms with E-state index in [1.807, 2.05) is 0 Å². The average Bonchev–Trinajstić information content (AvgIpc) is 2.26. The molecule has 0 nitrogen and oxygen atoms in total. The highest BCUT2D eigenvalue weighted by atomic mass is 14.1. The van der Waals surface area contributed by atoms with Gasteiger partial charge in [0.2, 0.25) is 0 Å². The molecule has 1 aliphatic rings. The van der Waals surface area contributed by atoms with Crippen LogP contribution in [0.25, 0.3) is 0 Å². The number of aryl methyl sites for hydroxylation is 2. The molecule has 0 radical (unpaired) electrons. The van der Waals surface area contributed by atoms with Crippen molar-refractivity contribution in [1.82, 2.24) is 0 Å². The second kappa shape index (κ2) is 5.34. The van der Waals surface area contributed by atoms with Crippen LogP contribution in [0.1, 0.15) is 50.2 Å². The molecule has 82 valence electrons. The lowest BCUT2D eigenvalue weighted by atomic mass is 9.90. The van der Waals surface area contributed by atoms with Crippen molar-refractivity contribution in [2.75, 3.05) is 0 Å². The molecule has 0 aliphatic heterocycles. The summed E-state index contributed by atoms with van der Waals surface area (Å²) in [6, 6.07) is 9.02. The van der Waals surface area contributed by atoms with E-state index in [1.165, 1.54) is 44.9 Å². The molecule has 1 aliphatic carbocycles. The van der Waals surface area contributed by atoms with E-state index in [-0.39, 0.29) is 0 Å². The molecule has 1 unspecified atom stereocenters. The lowest BCUT2D eigenvalue weighted by Gasteiger charge is -2.15. The van der Waals surface area contributed by atoms with Gasteiger partial charge in [-0.1, -0.05) is 50.5 Å². The topological polar surface area (TPSA) is 0 Å². The van der Waals surface area contributed by atoms with E-state index in [9.17, 15) is 0 Å². The third-order valence-corrected chi connectivity index (χ3v) is 3.65. The van der Waals surface area contributed by atoms with E-state index in [1.54, 1.807) is 11.1 Å². The standard InChI is InChI=1S/C15H22/c1-13-7-2-3-9-14-10-4-5-11-15(14)12-6-8-13/h4-5,10-11,13H,2-3,6-9,12H2,1H3. The van der Waals surface area contributed by atoms with Crippen molar-refractivity contribution >= 4 is 0 Å². The van der Waals surface area contributed by atoms with Crippen LogP contribution in [0.4, 0.5) is 0 Å². The van der Waals surface area contributed by atoms with Crippen LogP contribution in [0.2, 0.25) is 0 Å². The van der Waals surface area contributed by atoms with Gasteiger partial charge in [-0.15, -0.1) is 0 Å². The van der Waals surface area contributed by atoms with Crippen molar-refractivity contribution < 1.29 is 0 Å². The second-order valence-electron chi connectivity index (χ2n) is 5.01. The minimum absolute atomic E-state index is 0.940. The lowest BCUT2D eigenvalue weighted by Crippen LogP contribution is -2.02. The molecule has 15 heavy (non-hydrogen) atoms. The maximum atomic E-state index is 2.41. The molecule has 1 aromatic rings. The van der Waals surface area contributed by atoms with Gasteiger partial charge in [-0.25, -0.2) is 0 Å². The molecule has 0 saturated carbocycles. The summed E-state index contributed by atoms with van der Waals surface area (Å²) in [5.41, 5.74) is 3.21. The average molecular weight is 202 g/mol. The minimum Gasteiger partial charge on any atom is -0.0625 e. The maximum absolute atomic E-state index is 2.41. The van der Waals surface area contributed by atoms with Crippen LogP contribution in [0, 0.1) is 5.92 Å². The van der Waals surface area contributed by atoms with Crippen molar-refractivity contribution in [1.29, 1.82) is 0 Å². The fraction of sp³-hybridized carbons (Fsp3) is 0.600. The van der Waals surface area contributed by atoms with Gasteiger partial charge < -0.3 is 0 Å². The Balaban J connectivity index is 2.08. The van der Waals surface area contributed by atoms with Crippen molar-refractivity contribution in [2.24, 2.45) is 5.92 Å². The summed E-state index contributed by atoms with van der Waals surface area (Å²) in [7, 11) is 0. The largest absolute Gasteiger partial charge is 0.0625 e. The van der Waals surface area contributed by atoms with Gasteiger partial charge in [0.25, 0.3) is 0 Å². The van der Waals surface area contributed by atoms with Crippen LogP contribution in [0.3, 0.4) is 0 Å². The fourth-order valence-electron chi connectivity index (χ4n) is 2.64. The summed E-state index contributed by atoms with van der Waals surface area (Å²) in [6.07, 6.45) is 9.59. The molecule has 0 heteroatoms. The first kappa shape index (κ1) is 10.7. The zero-order valence-corrected chi connectivity index (χ0v) is 9.84. The van der Waals surface area contributed by atoms with Gasteiger partial charge in [-0.05, 0) is 42.7 Å². The Bertz CT molecular complexity index is 301. The van der Waals surface area contributed by atoms with Gasteiger partial charge in [-0.3, -0.25) is 0 Å². The first-order valence-corrected chi connectivity index (χ1v) is 6.43. The Kier molecular flexibility index (Phi) is 3.82.